The van der Waals surface area contributed by atoms with Crippen molar-refractivity contribution < 1.29 is 4.79 Å². The van der Waals surface area contributed by atoms with Crippen molar-refractivity contribution in [1.29, 1.82) is 0 Å². The molecular weight excluding hydrogens is 238 g/mol. The zero-order chi connectivity index (χ0) is 12.6. The van der Waals surface area contributed by atoms with Crippen LogP contribution in [-0.2, 0) is 4.79 Å². The Morgan fingerprint density at radius 1 is 1.53 bits per heavy atom. The summed E-state index contributed by atoms with van der Waals surface area (Å²) in [6.07, 6.45) is 0.488. The SMILES string of the molecule is Cc1cc(N)c(N2CC(CN)CC2=O)cc1Cl. The second-order valence-corrected chi connectivity index (χ2v) is 4.88. The molecule has 1 atom stereocenters. The van der Waals surface area contributed by atoms with Crippen LogP contribution in [0.25, 0.3) is 0 Å². The van der Waals surface area contributed by atoms with E-state index >= 15 is 0 Å². The lowest BCUT2D eigenvalue weighted by Gasteiger charge is -2.19. The second-order valence-electron chi connectivity index (χ2n) is 4.47. The monoisotopic (exact) mass is 253 g/mol. The summed E-state index contributed by atoms with van der Waals surface area (Å²) in [7, 11) is 0. The third-order valence-electron chi connectivity index (χ3n) is 3.14. The highest BCUT2D eigenvalue weighted by Gasteiger charge is 2.30. The molecule has 1 saturated heterocycles. The van der Waals surface area contributed by atoms with Crippen LogP contribution in [0, 0.1) is 12.8 Å². The van der Waals surface area contributed by atoms with E-state index in [2.05, 4.69) is 0 Å². The minimum Gasteiger partial charge on any atom is -0.397 e. The average Bonchev–Trinajstić information content (AvgIpc) is 2.65. The maximum absolute atomic E-state index is 11.9. The molecule has 1 aromatic rings. The molecule has 1 unspecified atom stereocenters. The standard InChI is InChI=1S/C12H16ClN3O/c1-7-2-10(15)11(4-9(7)13)16-6-8(5-14)3-12(16)17/h2,4,8H,3,5-6,14-15H2,1H3. The summed E-state index contributed by atoms with van der Waals surface area (Å²) < 4.78 is 0. The van der Waals surface area contributed by atoms with Gasteiger partial charge in [0.25, 0.3) is 0 Å². The van der Waals surface area contributed by atoms with Crippen molar-refractivity contribution in [3.63, 3.8) is 0 Å². The van der Waals surface area contributed by atoms with Gasteiger partial charge in [0.2, 0.25) is 5.91 Å². The molecule has 5 heteroatoms. The van der Waals surface area contributed by atoms with Gasteiger partial charge in [-0.3, -0.25) is 4.79 Å². The van der Waals surface area contributed by atoms with E-state index in [0.29, 0.717) is 35.9 Å². The van der Waals surface area contributed by atoms with Crippen LogP contribution in [0.15, 0.2) is 12.1 Å². The fraction of sp³-hybridized carbons (Fsp3) is 0.417. The Labute approximate surface area is 106 Å². The number of anilines is 2. The van der Waals surface area contributed by atoms with E-state index in [0.717, 1.165) is 5.56 Å². The van der Waals surface area contributed by atoms with Gasteiger partial charge in [-0.05, 0) is 37.1 Å². The molecule has 1 aromatic carbocycles. The molecule has 92 valence electrons. The van der Waals surface area contributed by atoms with Crippen LogP contribution >= 0.6 is 11.6 Å². The Morgan fingerprint density at radius 2 is 2.24 bits per heavy atom. The van der Waals surface area contributed by atoms with E-state index in [9.17, 15) is 4.79 Å². The molecule has 0 aromatic heterocycles. The Kier molecular flexibility index (Phi) is 3.26. The number of aryl methyl sites for hydroxylation is 1. The molecule has 17 heavy (non-hydrogen) atoms. The Balaban J connectivity index is 2.35. The number of hydrogen-bond acceptors (Lipinski definition) is 3. The zero-order valence-electron chi connectivity index (χ0n) is 9.74. The van der Waals surface area contributed by atoms with Gasteiger partial charge >= 0.3 is 0 Å². The number of carbonyl (C=O) groups excluding carboxylic acids is 1. The maximum Gasteiger partial charge on any atom is 0.227 e. The van der Waals surface area contributed by atoms with Crippen molar-refractivity contribution >= 4 is 28.9 Å². The van der Waals surface area contributed by atoms with Crippen LogP contribution < -0.4 is 16.4 Å². The summed E-state index contributed by atoms with van der Waals surface area (Å²) in [6.45, 7) is 3.03. The molecular formula is C12H16ClN3O. The van der Waals surface area contributed by atoms with E-state index in [-0.39, 0.29) is 11.8 Å². The van der Waals surface area contributed by atoms with Gasteiger partial charge < -0.3 is 16.4 Å². The lowest BCUT2D eigenvalue weighted by atomic mass is 10.1. The van der Waals surface area contributed by atoms with E-state index in [4.69, 9.17) is 23.1 Å². The van der Waals surface area contributed by atoms with Gasteiger partial charge in [-0.1, -0.05) is 11.6 Å². The van der Waals surface area contributed by atoms with Crippen molar-refractivity contribution in [1.82, 2.24) is 0 Å². The van der Waals surface area contributed by atoms with Gasteiger partial charge in [-0.2, -0.15) is 0 Å². The Bertz CT molecular complexity index is 461. The Morgan fingerprint density at radius 3 is 2.82 bits per heavy atom. The van der Waals surface area contributed by atoms with Gasteiger partial charge in [-0.25, -0.2) is 0 Å². The van der Waals surface area contributed by atoms with E-state index < -0.39 is 0 Å². The highest BCUT2D eigenvalue weighted by molar-refractivity contribution is 6.32. The predicted molar refractivity (Wildman–Crippen MR) is 70.1 cm³/mol. The van der Waals surface area contributed by atoms with Crippen molar-refractivity contribution in [3.05, 3.63) is 22.7 Å². The van der Waals surface area contributed by atoms with E-state index in [1.807, 2.05) is 6.92 Å². The molecule has 4 N–H and O–H groups in total. The first kappa shape index (κ1) is 12.2. The van der Waals surface area contributed by atoms with Crippen molar-refractivity contribution in [2.75, 3.05) is 23.7 Å². The number of halogens is 1. The summed E-state index contributed by atoms with van der Waals surface area (Å²) in [5, 5.41) is 0.623. The lowest BCUT2D eigenvalue weighted by Crippen LogP contribution is -2.26. The van der Waals surface area contributed by atoms with Crippen molar-refractivity contribution in [2.45, 2.75) is 13.3 Å². The molecule has 1 fully saturated rings. The normalized spacial score (nSPS) is 20.1. The quantitative estimate of drug-likeness (QED) is 0.786. The van der Waals surface area contributed by atoms with Crippen molar-refractivity contribution in [2.24, 2.45) is 11.7 Å². The van der Waals surface area contributed by atoms with Crippen LogP contribution in [0.3, 0.4) is 0 Å². The smallest absolute Gasteiger partial charge is 0.227 e. The molecule has 4 nitrogen and oxygen atoms in total. The minimum atomic E-state index is 0.0621. The third kappa shape index (κ3) is 2.23. The van der Waals surface area contributed by atoms with E-state index in [1.54, 1.807) is 17.0 Å². The number of carbonyl (C=O) groups is 1. The molecule has 1 aliphatic heterocycles. The fourth-order valence-electron chi connectivity index (χ4n) is 2.10. The van der Waals surface area contributed by atoms with E-state index in [1.165, 1.54) is 0 Å². The third-order valence-corrected chi connectivity index (χ3v) is 3.54. The first-order chi connectivity index (χ1) is 8.02. The zero-order valence-corrected chi connectivity index (χ0v) is 10.5. The van der Waals surface area contributed by atoms with Gasteiger partial charge in [0.05, 0.1) is 11.4 Å². The summed E-state index contributed by atoms with van der Waals surface area (Å²) in [6, 6.07) is 3.55. The van der Waals surface area contributed by atoms with Gasteiger partial charge in [0.1, 0.15) is 0 Å². The number of benzene rings is 1. The molecule has 0 aliphatic carbocycles. The first-order valence-electron chi connectivity index (χ1n) is 5.59. The average molecular weight is 254 g/mol. The number of amides is 1. The molecule has 0 radical (unpaired) electrons. The number of nitrogen functional groups attached to an aromatic ring is 1. The van der Waals surface area contributed by atoms with Gasteiger partial charge in [-0.15, -0.1) is 0 Å². The highest BCUT2D eigenvalue weighted by atomic mass is 35.5. The molecule has 2 rings (SSSR count). The van der Waals surface area contributed by atoms with Crippen LogP contribution in [0.1, 0.15) is 12.0 Å². The lowest BCUT2D eigenvalue weighted by molar-refractivity contribution is -0.117. The molecule has 0 bridgehead atoms. The van der Waals surface area contributed by atoms with Crippen molar-refractivity contribution in [3.8, 4) is 0 Å². The molecule has 1 amide bonds. The van der Waals surface area contributed by atoms with Gasteiger partial charge in [0.15, 0.2) is 0 Å². The number of hydrogen-bond donors (Lipinski definition) is 2. The topological polar surface area (TPSA) is 72.3 Å². The minimum absolute atomic E-state index is 0.0621. The maximum atomic E-state index is 11.9. The van der Waals surface area contributed by atoms with Crippen LogP contribution in [-0.4, -0.2) is 19.0 Å². The first-order valence-corrected chi connectivity index (χ1v) is 5.96. The van der Waals surface area contributed by atoms with Gasteiger partial charge in [0, 0.05) is 18.0 Å². The van der Waals surface area contributed by atoms with Crippen LogP contribution in [0.5, 0.6) is 0 Å². The van der Waals surface area contributed by atoms with Crippen LogP contribution in [0.4, 0.5) is 11.4 Å². The molecule has 0 saturated carbocycles. The largest absolute Gasteiger partial charge is 0.397 e. The predicted octanol–water partition coefficient (Wildman–Crippen LogP) is 1.54. The Hall–Kier alpha value is -1.26. The molecule has 1 aliphatic rings. The fourth-order valence-corrected chi connectivity index (χ4v) is 2.26. The summed E-state index contributed by atoms with van der Waals surface area (Å²) in [5.74, 6) is 0.272. The summed E-state index contributed by atoms with van der Waals surface area (Å²) in [5.41, 5.74) is 13.7. The molecule has 0 spiro atoms. The summed E-state index contributed by atoms with van der Waals surface area (Å²) in [4.78, 5) is 13.5. The number of nitrogens with two attached hydrogens (primary N) is 2. The number of rotatable bonds is 2. The molecule has 1 heterocycles. The van der Waals surface area contributed by atoms with Crippen LogP contribution in [0.2, 0.25) is 5.02 Å². The number of nitrogens with zero attached hydrogens (tertiary/aromatic N) is 1. The highest BCUT2D eigenvalue weighted by Crippen LogP contribution is 2.33. The summed E-state index contributed by atoms with van der Waals surface area (Å²) >= 11 is 6.06. The second kappa shape index (κ2) is 4.55.